The summed E-state index contributed by atoms with van der Waals surface area (Å²) in [6, 6.07) is 2.68. The summed E-state index contributed by atoms with van der Waals surface area (Å²) < 4.78 is 24.5. The van der Waals surface area contributed by atoms with Gasteiger partial charge in [0.2, 0.25) is 0 Å². The van der Waals surface area contributed by atoms with Crippen molar-refractivity contribution in [3.05, 3.63) is 39.7 Å². The molecule has 1 rings (SSSR count). The molecule has 0 spiro atoms. The highest BCUT2D eigenvalue weighted by atomic mass is 19.1. The van der Waals surface area contributed by atoms with Crippen LogP contribution in [0.25, 0.3) is 0 Å². The van der Waals surface area contributed by atoms with Crippen molar-refractivity contribution >= 4 is 5.69 Å². The van der Waals surface area contributed by atoms with Gasteiger partial charge in [-0.1, -0.05) is 0 Å². The van der Waals surface area contributed by atoms with Gasteiger partial charge in [0.25, 0.3) is 5.69 Å². The summed E-state index contributed by atoms with van der Waals surface area (Å²) in [5.74, 6) is -0.795. The van der Waals surface area contributed by atoms with Crippen LogP contribution in [0.5, 0.6) is 0 Å². The molecule has 0 aliphatic carbocycles. The van der Waals surface area contributed by atoms with Crippen LogP contribution in [0.2, 0.25) is 0 Å². The largest absolute Gasteiger partial charge is 0.272 e. The SMILES string of the molecule is O=[N+]([O-])c1cc(F)cc(CF)c1. The van der Waals surface area contributed by atoms with Crippen LogP contribution in [0, 0.1) is 15.9 Å². The third kappa shape index (κ3) is 1.75. The topological polar surface area (TPSA) is 43.1 Å². The highest BCUT2D eigenvalue weighted by Gasteiger charge is 2.08. The molecular weight excluding hydrogens is 168 g/mol. The summed E-state index contributed by atoms with van der Waals surface area (Å²) in [6.45, 7) is -0.904. The van der Waals surface area contributed by atoms with Crippen molar-refractivity contribution in [1.82, 2.24) is 0 Å². The monoisotopic (exact) mass is 173 g/mol. The van der Waals surface area contributed by atoms with E-state index in [-0.39, 0.29) is 5.56 Å². The van der Waals surface area contributed by atoms with Crippen molar-refractivity contribution in [3.8, 4) is 0 Å². The molecule has 0 fully saturated rings. The molecule has 0 aliphatic heterocycles. The van der Waals surface area contributed by atoms with Gasteiger partial charge in [0.15, 0.2) is 0 Å². The zero-order chi connectivity index (χ0) is 9.14. The van der Waals surface area contributed by atoms with Crippen LogP contribution in [-0.2, 0) is 6.67 Å². The molecule has 5 heteroatoms. The molecule has 0 aromatic heterocycles. The predicted octanol–water partition coefficient (Wildman–Crippen LogP) is 2.20. The predicted molar refractivity (Wildman–Crippen MR) is 37.9 cm³/mol. The average Bonchev–Trinajstić information content (AvgIpc) is 2.03. The van der Waals surface area contributed by atoms with Crippen LogP contribution >= 0.6 is 0 Å². The van der Waals surface area contributed by atoms with Crippen molar-refractivity contribution in [3.63, 3.8) is 0 Å². The fourth-order valence-electron chi connectivity index (χ4n) is 0.816. The van der Waals surface area contributed by atoms with E-state index in [0.29, 0.717) is 0 Å². The highest BCUT2D eigenvalue weighted by molar-refractivity contribution is 5.34. The smallest absolute Gasteiger partial charge is 0.258 e. The molecule has 1 aromatic carbocycles. The summed E-state index contributed by atoms with van der Waals surface area (Å²) >= 11 is 0. The van der Waals surface area contributed by atoms with Crippen molar-refractivity contribution < 1.29 is 13.7 Å². The minimum Gasteiger partial charge on any atom is -0.258 e. The van der Waals surface area contributed by atoms with Crippen molar-refractivity contribution in [1.29, 1.82) is 0 Å². The summed E-state index contributed by atoms with van der Waals surface area (Å²) in [4.78, 5) is 9.38. The quantitative estimate of drug-likeness (QED) is 0.508. The first-order chi connectivity index (χ1) is 5.63. The highest BCUT2D eigenvalue weighted by Crippen LogP contribution is 2.16. The first kappa shape index (κ1) is 8.58. The molecule has 0 radical (unpaired) electrons. The number of nitrogens with zero attached hydrogens (tertiary/aromatic N) is 1. The van der Waals surface area contributed by atoms with Gasteiger partial charge in [-0.05, 0) is 11.6 Å². The van der Waals surface area contributed by atoms with Crippen LogP contribution in [-0.4, -0.2) is 4.92 Å². The average molecular weight is 173 g/mol. The summed E-state index contributed by atoms with van der Waals surface area (Å²) in [6.07, 6.45) is 0. The van der Waals surface area contributed by atoms with Gasteiger partial charge in [0.1, 0.15) is 12.5 Å². The number of nitro groups is 1. The molecule has 0 saturated carbocycles. The van der Waals surface area contributed by atoms with E-state index in [1.54, 1.807) is 0 Å². The Kier molecular flexibility index (Phi) is 2.32. The van der Waals surface area contributed by atoms with E-state index in [9.17, 15) is 18.9 Å². The molecule has 12 heavy (non-hydrogen) atoms. The Labute approximate surface area is 66.8 Å². The number of hydrogen-bond acceptors (Lipinski definition) is 2. The second kappa shape index (κ2) is 3.25. The lowest BCUT2D eigenvalue weighted by Gasteiger charge is -1.95. The molecule has 1 aromatic rings. The third-order valence-corrected chi connectivity index (χ3v) is 1.31. The van der Waals surface area contributed by atoms with Gasteiger partial charge in [-0.3, -0.25) is 10.1 Å². The van der Waals surface area contributed by atoms with Gasteiger partial charge in [-0.2, -0.15) is 0 Å². The van der Waals surface area contributed by atoms with Crippen LogP contribution in [0.1, 0.15) is 5.56 Å². The van der Waals surface area contributed by atoms with Gasteiger partial charge in [-0.25, -0.2) is 8.78 Å². The minimum atomic E-state index is -0.904. The van der Waals surface area contributed by atoms with E-state index in [1.807, 2.05) is 0 Å². The number of alkyl halides is 1. The molecule has 0 N–H and O–H groups in total. The van der Waals surface area contributed by atoms with Crippen LogP contribution in [0.4, 0.5) is 14.5 Å². The number of halogens is 2. The maximum atomic E-state index is 12.5. The Morgan fingerprint density at radius 3 is 2.58 bits per heavy atom. The van der Waals surface area contributed by atoms with Crippen LogP contribution in [0.15, 0.2) is 18.2 Å². The van der Waals surface area contributed by atoms with E-state index in [1.165, 1.54) is 0 Å². The Bertz CT molecular complexity index is 314. The molecule has 0 heterocycles. The number of benzene rings is 1. The second-order valence-corrected chi connectivity index (χ2v) is 2.21. The molecule has 3 nitrogen and oxygen atoms in total. The maximum Gasteiger partial charge on any atom is 0.272 e. The first-order valence-electron chi connectivity index (χ1n) is 3.13. The molecule has 0 atom stereocenters. The lowest BCUT2D eigenvalue weighted by atomic mass is 10.2. The Morgan fingerprint density at radius 2 is 2.08 bits per heavy atom. The number of rotatable bonds is 2. The molecule has 0 amide bonds. The maximum absolute atomic E-state index is 12.5. The van der Waals surface area contributed by atoms with Gasteiger partial charge in [0, 0.05) is 6.07 Å². The van der Waals surface area contributed by atoms with Crippen molar-refractivity contribution in [2.45, 2.75) is 6.67 Å². The standard InChI is InChI=1S/C7H5F2NO2/c8-4-5-1-6(9)3-7(2-5)10(11)12/h1-3H,4H2. The second-order valence-electron chi connectivity index (χ2n) is 2.21. The third-order valence-electron chi connectivity index (χ3n) is 1.31. The molecule has 0 bridgehead atoms. The first-order valence-corrected chi connectivity index (χ1v) is 3.13. The molecular formula is C7H5F2NO2. The van der Waals surface area contributed by atoms with Crippen LogP contribution < -0.4 is 0 Å². The number of hydrogen-bond donors (Lipinski definition) is 0. The Balaban J connectivity index is 3.15. The van der Waals surface area contributed by atoms with Gasteiger partial charge >= 0.3 is 0 Å². The Hall–Kier alpha value is -1.52. The lowest BCUT2D eigenvalue weighted by molar-refractivity contribution is -0.385. The van der Waals surface area contributed by atoms with E-state index >= 15 is 0 Å². The molecule has 0 saturated heterocycles. The van der Waals surface area contributed by atoms with Crippen molar-refractivity contribution in [2.24, 2.45) is 0 Å². The van der Waals surface area contributed by atoms with E-state index in [0.717, 1.165) is 18.2 Å². The normalized spacial score (nSPS) is 9.83. The van der Waals surface area contributed by atoms with E-state index in [2.05, 4.69) is 0 Å². The van der Waals surface area contributed by atoms with Crippen molar-refractivity contribution in [2.75, 3.05) is 0 Å². The van der Waals surface area contributed by atoms with Gasteiger partial charge < -0.3 is 0 Å². The molecule has 0 unspecified atom stereocenters. The fraction of sp³-hybridized carbons (Fsp3) is 0.143. The van der Waals surface area contributed by atoms with Crippen LogP contribution in [0.3, 0.4) is 0 Å². The minimum absolute atomic E-state index is 0.0262. The van der Waals surface area contributed by atoms with Gasteiger partial charge in [-0.15, -0.1) is 0 Å². The zero-order valence-corrected chi connectivity index (χ0v) is 5.96. The number of non-ortho nitro benzene ring substituents is 1. The van der Waals surface area contributed by atoms with Gasteiger partial charge in [0.05, 0.1) is 11.0 Å². The molecule has 64 valence electrons. The summed E-state index contributed by atoms with van der Waals surface area (Å²) in [5, 5.41) is 10.1. The fourth-order valence-corrected chi connectivity index (χ4v) is 0.816. The molecule has 0 aliphatic rings. The zero-order valence-electron chi connectivity index (χ0n) is 5.96. The summed E-state index contributed by atoms with van der Waals surface area (Å²) in [5.41, 5.74) is -0.454. The lowest BCUT2D eigenvalue weighted by Crippen LogP contribution is -1.91. The van der Waals surface area contributed by atoms with E-state index in [4.69, 9.17) is 0 Å². The Morgan fingerprint density at radius 1 is 1.42 bits per heavy atom. The summed E-state index contributed by atoms with van der Waals surface area (Å²) in [7, 11) is 0. The van der Waals surface area contributed by atoms with E-state index < -0.39 is 23.1 Å². The number of nitro benzene ring substituents is 1.